The number of rotatable bonds is 4. The summed E-state index contributed by atoms with van der Waals surface area (Å²) >= 11 is 0. The van der Waals surface area contributed by atoms with Gasteiger partial charge in [0.2, 0.25) is 0 Å². The van der Waals surface area contributed by atoms with Crippen LogP contribution in [-0.2, 0) is 13.0 Å². The molecule has 0 spiro atoms. The zero-order valence-electron chi connectivity index (χ0n) is 9.49. The van der Waals surface area contributed by atoms with Gasteiger partial charge in [-0.2, -0.15) is 0 Å². The van der Waals surface area contributed by atoms with E-state index in [0.717, 1.165) is 24.6 Å². The molecular weight excluding hydrogens is 190 g/mol. The highest BCUT2D eigenvalue weighted by Gasteiger charge is 2.22. The van der Waals surface area contributed by atoms with E-state index in [1.54, 1.807) is 0 Å². The maximum absolute atomic E-state index is 5.63. The maximum atomic E-state index is 5.63. The smallest absolute Gasteiger partial charge is 0.195 e. The monoisotopic (exact) mass is 209 g/mol. The van der Waals surface area contributed by atoms with Crippen LogP contribution in [0.1, 0.15) is 24.5 Å². The lowest BCUT2D eigenvalue weighted by Crippen LogP contribution is -2.26. The summed E-state index contributed by atoms with van der Waals surface area (Å²) in [6, 6.07) is 0.617. The first kappa shape index (κ1) is 10.6. The summed E-state index contributed by atoms with van der Waals surface area (Å²) in [5, 5.41) is 3.06. The van der Waals surface area contributed by atoms with Crippen molar-refractivity contribution in [3.8, 4) is 0 Å². The highest BCUT2D eigenvalue weighted by molar-refractivity contribution is 4.96. The number of likely N-dealkylation sites (tertiary alicyclic amines) is 1. The van der Waals surface area contributed by atoms with Crippen LogP contribution in [0.5, 0.6) is 0 Å². The van der Waals surface area contributed by atoms with Gasteiger partial charge >= 0.3 is 0 Å². The Labute approximate surface area is 90.7 Å². The van der Waals surface area contributed by atoms with Crippen LogP contribution in [-0.4, -0.2) is 36.6 Å². The summed E-state index contributed by atoms with van der Waals surface area (Å²) in [6.07, 6.45) is 5.33. The highest BCUT2D eigenvalue weighted by Crippen LogP contribution is 2.19. The van der Waals surface area contributed by atoms with Crippen molar-refractivity contribution in [1.29, 1.82) is 0 Å². The fraction of sp³-hybridized carbons (Fsp3) is 0.727. The van der Waals surface area contributed by atoms with Crippen molar-refractivity contribution < 1.29 is 4.42 Å². The van der Waals surface area contributed by atoms with Crippen molar-refractivity contribution in [2.75, 3.05) is 20.6 Å². The van der Waals surface area contributed by atoms with E-state index in [1.807, 2.05) is 13.2 Å². The van der Waals surface area contributed by atoms with Crippen LogP contribution >= 0.6 is 0 Å². The van der Waals surface area contributed by atoms with Crippen LogP contribution in [0.25, 0.3) is 0 Å². The molecule has 1 unspecified atom stereocenters. The number of nitrogens with zero attached hydrogens (tertiary/aromatic N) is 2. The van der Waals surface area contributed by atoms with E-state index in [9.17, 15) is 0 Å². The van der Waals surface area contributed by atoms with E-state index in [-0.39, 0.29) is 0 Å². The fourth-order valence-corrected chi connectivity index (χ4v) is 2.14. The Morgan fingerprint density at radius 2 is 2.53 bits per heavy atom. The molecule has 2 rings (SSSR count). The second-order valence-corrected chi connectivity index (χ2v) is 4.23. The van der Waals surface area contributed by atoms with E-state index in [1.165, 1.54) is 19.4 Å². The van der Waals surface area contributed by atoms with Gasteiger partial charge in [-0.05, 0) is 33.5 Å². The van der Waals surface area contributed by atoms with E-state index < -0.39 is 0 Å². The lowest BCUT2D eigenvalue weighted by molar-refractivity contribution is 0.289. The van der Waals surface area contributed by atoms with Gasteiger partial charge in [0.15, 0.2) is 5.89 Å². The van der Waals surface area contributed by atoms with Crippen LogP contribution in [0.15, 0.2) is 10.6 Å². The minimum absolute atomic E-state index is 0.617. The summed E-state index contributed by atoms with van der Waals surface area (Å²) in [4.78, 5) is 6.69. The summed E-state index contributed by atoms with van der Waals surface area (Å²) in [5.41, 5.74) is 0. The Morgan fingerprint density at radius 3 is 3.20 bits per heavy atom. The zero-order valence-corrected chi connectivity index (χ0v) is 9.49. The molecule has 4 heteroatoms. The molecular formula is C11H19N3O. The molecule has 1 saturated heterocycles. The predicted molar refractivity (Wildman–Crippen MR) is 58.6 cm³/mol. The minimum Gasteiger partial charge on any atom is -0.444 e. The number of nitrogens with one attached hydrogen (secondary N) is 1. The molecule has 1 atom stereocenters. The van der Waals surface area contributed by atoms with Crippen LogP contribution < -0.4 is 5.32 Å². The predicted octanol–water partition coefficient (Wildman–Crippen LogP) is 1.03. The Morgan fingerprint density at radius 1 is 1.67 bits per heavy atom. The van der Waals surface area contributed by atoms with E-state index in [0.29, 0.717) is 6.04 Å². The van der Waals surface area contributed by atoms with Gasteiger partial charge in [-0.15, -0.1) is 0 Å². The number of hydrogen-bond donors (Lipinski definition) is 1. The number of likely N-dealkylation sites (N-methyl/N-ethyl adjacent to an activating group) is 1. The molecule has 4 nitrogen and oxygen atoms in total. The zero-order chi connectivity index (χ0) is 10.7. The molecule has 84 valence electrons. The summed E-state index contributed by atoms with van der Waals surface area (Å²) in [6.45, 7) is 1.96. The van der Waals surface area contributed by atoms with Crippen molar-refractivity contribution in [2.24, 2.45) is 0 Å². The molecule has 1 aliphatic heterocycles. The van der Waals surface area contributed by atoms with Gasteiger partial charge < -0.3 is 14.6 Å². The largest absolute Gasteiger partial charge is 0.444 e. The van der Waals surface area contributed by atoms with Crippen molar-refractivity contribution in [3.05, 3.63) is 17.8 Å². The third-order valence-electron chi connectivity index (χ3n) is 3.03. The van der Waals surface area contributed by atoms with Crippen LogP contribution in [0, 0.1) is 0 Å². The first-order valence-corrected chi connectivity index (χ1v) is 5.58. The first-order chi connectivity index (χ1) is 7.29. The minimum atomic E-state index is 0.617. The van der Waals surface area contributed by atoms with E-state index in [4.69, 9.17) is 4.42 Å². The molecule has 0 saturated carbocycles. The van der Waals surface area contributed by atoms with Crippen molar-refractivity contribution >= 4 is 0 Å². The van der Waals surface area contributed by atoms with Crippen LogP contribution in [0.2, 0.25) is 0 Å². The second-order valence-electron chi connectivity index (χ2n) is 4.23. The normalized spacial score (nSPS) is 22.4. The standard InChI is InChI=1S/C11H19N3O/c1-12-7-10-8-13-11(15-10)6-9-4-3-5-14(9)2/h8-9,12H,3-7H2,1-2H3. The van der Waals surface area contributed by atoms with Crippen molar-refractivity contribution in [3.63, 3.8) is 0 Å². The van der Waals surface area contributed by atoms with E-state index in [2.05, 4.69) is 22.2 Å². The molecule has 0 aliphatic carbocycles. The van der Waals surface area contributed by atoms with Gasteiger partial charge in [-0.3, -0.25) is 0 Å². The molecule has 2 heterocycles. The molecule has 1 fully saturated rings. The first-order valence-electron chi connectivity index (χ1n) is 5.58. The van der Waals surface area contributed by atoms with Gasteiger partial charge in [-0.25, -0.2) is 4.98 Å². The topological polar surface area (TPSA) is 41.3 Å². The Balaban J connectivity index is 1.92. The quantitative estimate of drug-likeness (QED) is 0.804. The number of oxazole rings is 1. The van der Waals surface area contributed by atoms with Gasteiger partial charge in [0, 0.05) is 12.5 Å². The van der Waals surface area contributed by atoms with Crippen LogP contribution in [0.3, 0.4) is 0 Å². The number of hydrogen-bond acceptors (Lipinski definition) is 4. The lowest BCUT2D eigenvalue weighted by atomic mass is 10.1. The lowest BCUT2D eigenvalue weighted by Gasteiger charge is -2.17. The average Bonchev–Trinajstić information content (AvgIpc) is 2.79. The molecule has 0 bridgehead atoms. The van der Waals surface area contributed by atoms with Crippen molar-refractivity contribution in [1.82, 2.24) is 15.2 Å². The Kier molecular flexibility index (Phi) is 3.38. The summed E-state index contributed by atoms with van der Waals surface area (Å²) < 4.78 is 5.63. The molecule has 1 aromatic heterocycles. The second kappa shape index (κ2) is 4.77. The van der Waals surface area contributed by atoms with Gasteiger partial charge in [-0.1, -0.05) is 0 Å². The van der Waals surface area contributed by atoms with Gasteiger partial charge in [0.1, 0.15) is 5.76 Å². The fourth-order valence-electron chi connectivity index (χ4n) is 2.14. The van der Waals surface area contributed by atoms with Gasteiger partial charge in [0.25, 0.3) is 0 Å². The number of aromatic nitrogens is 1. The third kappa shape index (κ3) is 2.58. The molecule has 1 aromatic rings. The Hall–Kier alpha value is -0.870. The Bertz CT molecular complexity index is 311. The molecule has 0 aromatic carbocycles. The van der Waals surface area contributed by atoms with Crippen LogP contribution in [0.4, 0.5) is 0 Å². The average molecular weight is 209 g/mol. The van der Waals surface area contributed by atoms with Crippen molar-refractivity contribution in [2.45, 2.75) is 31.8 Å². The maximum Gasteiger partial charge on any atom is 0.195 e. The highest BCUT2D eigenvalue weighted by atomic mass is 16.4. The molecule has 1 aliphatic rings. The molecule has 15 heavy (non-hydrogen) atoms. The third-order valence-corrected chi connectivity index (χ3v) is 3.03. The van der Waals surface area contributed by atoms with E-state index >= 15 is 0 Å². The molecule has 0 radical (unpaired) electrons. The SMILES string of the molecule is CNCc1cnc(CC2CCCN2C)o1. The summed E-state index contributed by atoms with van der Waals surface area (Å²) in [5.74, 6) is 1.80. The summed E-state index contributed by atoms with van der Waals surface area (Å²) in [7, 11) is 4.09. The van der Waals surface area contributed by atoms with Gasteiger partial charge in [0.05, 0.1) is 12.7 Å². The molecule has 1 N–H and O–H groups in total. The molecule has 0 amide bonds.